The highest BCUT2D eigenvalue weighted by Gasteiger charge is 2.22. The Morgan fingerprint density at radius 3 is 2.74 bits per heavy atom. The quantitative estimate of drug-likeness (QED) is 0.720. The normalized spacial score (nSPS) is 17.9. The molecule has 0 spiro atoms. The van der Waals surface area contributed by atoms with Gasteiger partial charge in [0, 0.05) is 19.3 Å². The van der Waals surface area contributed by atoms with Gasteiger partial charge in [-0.15, -0.1) is 0 Å². The van der Waals surface area contributed by atoms with Crippen LogP contribution in [0, 0.1) is 5.92 Å². The monoisotopic (exact) mass is 263 g/mol. The van der Waals surface area contributed by atoms with E-state index in [-0.39, 0.29) is 6.04 Å². The van der Waals surface area contributed by atoms with Crippen molar-refractivity contribution in [1.82, 2.24) is 0 Å². The highest BCUT2D eigenvalue weighted by atomic mass is 16.5. The van der Waals surface area contributed by atoms with Crippen molar-refractivity contribution in [3.05, 3.63) is 23.8 Å². The summed E-state index contributed by atoms with van der Waals surface area (Å²) in [6.45, 7) is 3.69. The number of carbonyl (C=O) groups excluding carboxylic acids is 1. The number of anilines is 2. The summed E-state index contributed by atoms with van der Waals surface area (Å²) in [5.74, 6) is 0.0584. The maximum absolute atomic E-state index is 11.4. The number of carbonyl (C=O) groups is 1. The number of nitrogens with one attached hydrogen (secondary N) is 1. The van der Waals surface area contributed by atoms with Gasteiger partial charge in [-0.2, -0.15) is 0 Å². The van der Waals surface area contributed by atoms with E-state index in [4.69, 9.17) is 16.2 Å². The number of hydrogen-bond donors (Lipinski definition) is 3. The lowest BCUT2D eigenvalue weighted by Gasteiger charge is -2.30. The van der Waals surface area contributed by atoms with Crippen LogP contribution in [0.2, 0.25) is 0 Å². The Kier molecular flexibility index (Phi) is 4.27. The summed E-state index contributed by atoms with van der Waals surface area (Å²) < 4.78 is 5.36. The van der Waals surface area contributed by atoms with E-state index >= 15 is 0 Å². The Hall–Kier alpha value is -1.75. The molecule has 0 radical (unpaired) electrons. The predicted octanol–water partition coefficient (Wildman–Crippen LogP) is 1.59. The summed E-state index contributed by atoms with van der Waals surface area (Å²) in [5, 5.41) is 3.35. The van der Waals surface area contributed by atoms with Crippen molar-refractivity contribution < 1.29 is 9.53 Å². The molecule has 0 aliphatic carbocycles. The third-order valence-electron chi connectivity index (χ3n) is 3.71. The molecule has 0 aromatic heterocycles. The van der Waals surface area contributed by atoms with Gasteiger partial charge in [0.1, 0.15) is 0 Å². The third-order valence-corrected chi connectivity index (χ3v) is 3.71. The van der Waals surface area contributed by atoms with Crippen LogP contribution in [-0.4, -0.2) is 25.2 Å². The summed E-state index contributed by atoms with van der Waals surface area (Å²) in [7, 11) is 0. The minimum absolute atomic E-state index is 0.228. The molecule has 1 aromatic rings. The zero-order chi connectivity index (χ0) is 13.8. The molecule has 0 saturated carbocycles. The molecule has 1 amide bonds. The van der Waals surface area contributed by atoms with Crippen LogP contribution in [0.25, 0.3) is 0 Å². The van der Waals surface area contributed by atoms with E-state index in [9.17, 15) is 4.79 Å². The molecule has 1 atom stereocenters. The van der Waals surface area contributed by atoms with E-state index in [1.165, 1.54) is 0 Å². The van der Waals surface area contributed by atoms with Crippen molar-refractivity contribution in [3.8, 4) is 0 Å². The van der Waals surface area contributed by atoms with Crippen molar-refractivity contribution in [3.63, 3.8) is 0 Å². The lowest BCUT2D eigenvalue weighted by Crippen LogP contribution is -2.32. The highest BCUT2D eigenvalue weighted by molar-refractivity contribution is 6.01. The molecule has 1 aliphatic rings. The fourth-order valence-electron chi connectivity index (χ4n) is 2.50. The molecule has 19 heavy (non-hydrogen) atoms. The van der Waals surface area contributed by atoms with E-state index in [1.54, 1.807) is 18.2 Å². The SMILES string of the molecule is CC(Nc1c(N)cccc1C(N)=O)C1CCOCC1. The molecule has 1 aromatic carbocycles. The highest BCUT2D eigenvalue weighted by Crippen LogP contribution is 2.27. The molecule has 1 fully saturated rings. The largest absolute Gasteiger partial charge is 0.397 e. The van der Waals surface area contributed by atoms with Gasteiger partial charge < -0.3 is 21.5 Å². The summed E-state index contributed by atoms with van der Waals surface area (Å²) in [4.78, 5) is 11.4. The maximum atomic E-state index is 11.4. The van der Waals surface area contributed by atoms with Crippen LogP contribution in [0.5, 0.6) is 0 Å². The number of nitrogens with two attached hydrogens (primary N) is 2. The molecular weight excluding hydrogens is 242 g/mol. The van der Waals surface area contributed by atoms with Crippen molar-refractivity contribution in [2.24, 2.45) is 11.7 Å². The molecule has 1 aliphatic heterocycles. The Morgan fingerprint density at radius 1 is 1.42 bits per heavy atom. The Labute approximate surface area is 113 Å². The van der Waals surface area contributed by atoms with Gasteiger partial charge in [-0.1, -0.05) is 6.07 Å². The minimum atomic E-state index is -0.464. The average Bonchev–Trinajstić information content (AvgIpc) is 2.41. The number of hydrogen-bond acceptors (Lipinski definition) is 4. The first-order valence-corrected chi connectivity index (χ1v) is 6.62. The predicted molar refractivity (Wildman–Crippen MR) is 76.0 cm³/mol. The molecule has 2 rings (SSSR count). The van der Waals surface area contributed by atoms with Gasteiger partial charge in [0.05, 0.1) is 16.9 Å². The van der Waals surface area contributed by atoms with Crippen molar-refractivity contribution in [2.75, 3.05) is 24.3 Å². The second-order valence-corrected chi connectivity index (χ2v) is 5.02. The van der Waals surface area contributed by atoms with Crippen LogP contribution in [0.4, 0.5) is 11.4 Å². The first-order valence-electron chi connectivity index (χ1n) is 6.62. The van der Waals surface area contributed by atoms with Crippen molar-refractivity contribution in [1.29, 1.82) is 0 Å². The van der Waals surface area contributed by atoms with Crippen molar-refractivity contribution in [2.45, 2.75) is 25.8 Å². The maximum Gasteiger partial charge on any atom is 0.250 e. The zero-order valence-corrected chi connectivity index (χ0v) is 11.2. The number of rotatable bonds is 4. The number of nitrogen functional groups attached to an aromatic ring is 1. The second kappa shape index (κ2) is 5.93. The van der Waals surface area contributed by atoms with E-state index in [0.717, 1.165) is 26.1 Å². The lowest BCUT2D eigenvalue weighted by molar-refractivity contribution is 0.0622. The summed E-state index contributed by atoms with van der Waals surface area (Å²) >= 11 is 0. The van der Waals surface area contributed by atoms with Gasteiger partial charge in [-0.05, 0) is 37.8 Å². The summed E-state index contributed by atoms with van der Waals surface area (Å²) in [5.41, 5.74) is 13.0. The number of ether oxygens (including phenoxy) is 1. The van der Waals surface area contributed by atoms with Crippen LogP contribution >= 0.6 is 0 Å². The van der Waals surface area contributed by atoms with E-state index in [2.05, 4.69) is 12.2 Å². The van der Waals surface area contributed by atoms with E-state index in [1.807, 2.05) is 0 Å². The van der Waals surface area contributed by atoms with Crippen LogP contribution in [0.1, 0.15) is 30.1 Å². The number of amides is 1. The number of primary amides is 1. The first kappa shape index (κ1) is 13.7. The van der Waals surface area contributed by atoms with Gasteiger partial charge in [0.2, 0.25) is 0 Å². The van der Waals surface area contributed by atoms with Gasteiger partial charge >= 0.3 is 0 Å². The fourth-order valence-corrected chi connectivity index (χ4v) is 2.50. The van der Waals surface area contributed by atoms with Gasteiger partial charge in [0.15, 0.2) is 0 Å². The molecule has 1 saturated heterocycles. The Morgan fingerprint density at radius 2 is 2.11 bits per heavy atom. The van der Waals surface area contributed by atoms with Gasteiger partial charge in [-0.25, -0.2) is 0 Å². The first-order chi connectivity index (χ1) is 9.09. The van der Waals surface area contributed by atoms with Crippen LogP contribution < -0.4 is 16.8 Å². The number of benzene rings is 1. The van der Waals surface area contributed by atoms with Gasteiger partial charge in [-0.3, -0.25) is 4.79 Å². The fraction of sp³-hybridized carbons (Fsp3) is 0.500. The molecule has 5 heteroatoms. The standard InChI is InChI=1S/C14H21N3O2/c1-9(10-5-7-19-8-6-10)17-13-11(14(16)18)3-2-4-12(13)15/h2-4,9-10,17H,5-8,15H2,1H3,(H2,16,18). The van der Waals surface area contributed by atoms with E-state index in [0.29, 0.717) is 22.9 Å². The molecule has 1 heterocycles. The zero-order valence-electron chi connectivity index (χ0n) is 11.2. The van der Waals surface area contributed by atoms with E-state index < -0.39 is 5.91 Å². The number of para-hydroxylation sites is 1. The molecule has 104 valence electrons. The minimum Gasteiger partial charge on any atom is -0.397 e. The molecule has 1 unspecified atom stereocenters. The second-order valence-electron chi connectivity index (χ2n) is 5.02. The molecule has 0 bridgehead atoms. The molecular formula is C14H21N3O2. The Bertz CT molecular complexity index is 456. The smallest absolute Gasteiger partial charge is 0.250 e. The van der Waals surface area contributed by atoms with Crippen LogP contribution in [-0.2, 0) is 4.74 Å². The lowest BCUT2D eigenvalue weighted by atomic mass is 9.92. The molecule has 5 N–H and O–H groups in total. The topological polar surface area (TPSA) is 90.4 Å². The summed E-state index contributed by atoms with van der Waals surface area (Å²) in [6, 6.07) is 5.43. The molecule has 5 nitrogen and oxygen atoms in total. The van der Waals surface area contributed by atoms with Crippen molar-refractivity contribution >= 4 is 17.3 Å². The Balaban J connectivity index is 2.15. The van der Waals surface area contributed by atoms with Gasteiger partial charge in [0.25, 0.3) is 5.91 Å². The van der Waals surface area contributed by atoms with Crippen LogP contribution in [0.3, 0.4) is 0 Å². The average molecular weight is 263 g/mol. The van der Waals surface area contributed by atoms with Crippen LogP contribution in [0.15, 0.2) is 18.2 Å². The third kappa shape index (κ3) is 3.17. The summed E-state index contributed by atoms with van der Waals surface area (Å²) in [6.07, 6.45) is 2.04.